The predicted octanol–water partition coefficient (Wildman–Crippen LogP) is 1.05. The van der Waals surface area contributed by atoms with Crippen LogP contribution in [0.15, 0.2) is 30.5 Å². The van der Waals surface area contributed by atoms with Crippen molar-refractivity contribution in [3.05, 3.63) is 46.1 Å². The Morgan fingerprint density at radius 1 is 1.47 bits per heavy atom. The van der Waals surface area contributed by atoms with Crippen LogP contribution < -0.4 is 0 Å². The number of carbonyl (C=O) groups is 1. The number of hydroxylamine groups is 1. The van der Waals surface area contributed by atoms with Crippen molar-refractivity contribution >= 4 is 16.9 Å². The number of carboxylic acids is 1. The summed E-state index contributed by atoms with van der Waals surface area (Å²) in [5, 5.41) is 27.8. The van der Waals surface area contributed by atoms with E-state index in [2.05, 4.69) is 4.98 Å². The molecular weight excluding hydrogens is 254 g/mol. The van der Waals surface area contributed by atoms with Crippen LogP contribution in [-0.2, 0) is 11.2 Å². The fourth-order valence-corrected chi connectivity index (χ4v) is 1.89. The first-order chi connectivity index (χ1) is 9.00. The van der Waals surface area contributed by atoms with Crippen LogP contribution in [0.25, 0.3) is 10.9 Å². The molecule has 8 heteroatoms. The Balaban J connectivity index is 2.31. The number of benzene rings is 1. The van der Waals surface area contributed by atoms with Crippen LogP contribution in [0.1, 0.15) is 5.56 Å². The second kappa shape index (κ2) is 4.94. The van der Waals surface area contributed by atoms with Crippen LogP contribution >= 0.6 is 0 Å². The SMILES string of the molecule is O=C(O)[C@H](Cc1c[nH]c2ccccc12)N(O)[N+](=O)[O-]. The molecule has 0 radical (unpaired) electrons. The summed E-state index contributed by atoms with van der Waals surface area (Å²) in [4.78, 5) is 24.4. The molecule has 8 nitrogen and oxygen atoms in total. The number of aromatic amines is 1. The molecule has 0 saturated carbocycles. The molecule has 1 aromatic heterocycles. The highest BCUT2D eigenvalue weighted by Crippen LogP contribution is 2.20. The lowest BCUT2D eigenvalue weighted by Gasteiger charge is -2.14. The van der Waals surface area contributed by atoms with Gasteiger partial charge in [-0.05, 0) is 11.6 Å². The van der Waals surface area contributed by atoms with Crippen LogP contribution in [0, 0.1) is 10.1 Å². The molecule has 100 valence electrons. The maximum atomic E-state index is 11.0. The largest absolute Gasteiger partial charge is 0.479 e. The molecule has 1 atom stereocenters. The molecule has 0 aliphatic rings. The summed E-state index contributed by atoms with van der Waals surface area (Å²) in [5.41, 5.74) is 1.39. The molecule has 2 aromatic rings. The number of fused-ring (bicyclic) bond motifs is 1. The van der Waals surface area contributed by atoms with Gasteiger partial charge in [-0.2, -0.15) is 0 Å². The standard InChI is InChI=1S/C11H11N3O5/c15-11(16)10(13(17)14(18)19)5-7-6-12-9-4-2-1-3-8(7)9/h1-4,6,10,12,17H,5H2,(H,15,16)/t10-/m0/s1. The van der Waals surface area contributed by atoms with Crippen molar-refractivity contribution in [1.82, 2.24) is 10.2 Å². The second-order valence-electron chi connectivity index (χ2n) is 3.98. The minimum Gasteiger partial charge on any atom is -0.479 e. The number of rotatable bonds is 5. The van der Waals surface area contributed by atoms with E-state index < -0.39 is 17.0 Å². The van der Waals surface area contributed by atoms with E-state index in [1.165, 1.54) is 0 Å². The smallest absolute Gasteiger partial charge is 0.335 e. The van der Waals surface area contributed by atoms with Gasteiger partial charge in [-0.25, -0.2) is 20.1 Å². The Kier molecular flexibility index (Phi) is 3.34. The van der Waals surface area contributed by atoms with Crippen LogP contribution in [0.5, 0.6) is 0 Å². The maximum absolute atomic E-state index is 11.0. The van der Waals surface area contributed by atoms with E-state index in [9.17, 15) is 20.1 Å². The zero-order valence-corrected chi connectivity index (χ0v) is 9.68. The van der Waals surface area contributed by atoms with Gasteiger partial charge in [-0.1, -0.05) is 18.2 Å². The summed E-state index contributed by atoms with van der Waals surface area (Å²) in [6.45, 7) is 0. The van der Waals surface area contributed by atoms with Crippen molar-refractivity contribution in [2.24, 2.45) is 0 Å². The number of nitrogens with one attached hydrogen (secondary N) is 1. The number of aromatic nitrogens is 1. The number of H-pyrrole nitrogens is 1. The van der Waals surface area contributed by atoms with E-state index >= 15 is 0 Å². The monoisotopic (exact) mass is 265 g/mol. The van der Waals surface area contributed by atoms with Gasteiger partial charge in [0.15, 0.2) is 5.03 Å². The quantitative estimate of drug-likeness (QED) is 0.549. The van der Waals surface area contributed by atoms with E-state index in [-0.39, 0.29) is 11.6 Å². The Hall–Kier alpha value is -2.61. The molecule has 0 amide bonds. The molecule has 0 fully saturated rings. The van der Waals surface area contributed by atoms with E-state index in [4.69, 9.17) is 5.11 Å². The summed E-state index contributed by atoms with van der Waals surface area (Å²) in [7, 11) is 0. The summed E-state index contributed by atoms with van der Waals surface area (Å²) in [6, 6.07) is 5.52. The first-order valence-corrected chi connectivity index (χ1v) is 5.41. The van der Waals surface area contributed by atoms with Gasteiger partial charge < -0.3 is 10.1 Å². The minimum absolute atomic E-state index is 0.184. The van der Waals surface area contributed by atoms with Gasteiger partial charge in [0.05, 0.1) is 0 Å². The maximum Gasteiger partial charge on any atom is 0.335 e. The van der Waals surface area contributed by atoms with Gasteiger partial charge in [-0.15, -0.1) is 0 Å². The molecule has 1 aromatic carbocycles. The van der Waals surface area contributed by atoms with Gasteiger partial charge >= 0.3 is 5.97 Å². The number of para-hydroxylation sites is 1. The molecule has 0 aliphatic heterocycles. The van der Waals surface area contributed by atoms with Crippen molar-refractivity contribution < 1.29 is 20.1 Å². The number of hydrogen-bond acceptors (Lipinski definition) is 4. The Bertz CT molecular complexity index is 624. The molecule has 19 heavy (non-hydrogen) atoms. The van der Waals surface area contributed by atoms with Gasteiger partial charge in [0.1, 0.15) is 0 Å². The fourth-order valence-electron chi connectivity index (χ4n) is 1.89. The Morgan fingerprint density at radius 2 is 2.16 bits per heavy atom. The molecule has 0 saturated heterocycles. The van der Waals surface area contributed by atoms with Crippen LogP contribution in [0.2, 0.25) is 0 Å². The molecule has 0 bridgehead atoms. The van der Waals surface area contributed by atoms with Gasteiger partial charge in [-0.3, -0.25) is 0 Å². The molecule has 1 heterocycles. The van der Waals surface area contributed by atoms with Crippen molar-refractivity contribution in [2.45, 2.75) is 12.5 Å². The number of hydrogen-bond donors (Lipinski definition) is 3. The number of aliphatic carboxylic acids is 1. The average Bonchev–Trinajstić information content (AvgIpc) is 2.78. The average molecular weight is 265 g/mol. The number of hydrazine groups is 1. The highest BCUT2D eigenvalue weighted by atomic mass is 16.8. The van der Waals surface area contributed by atoms with Crippen molar-refractivity contribution in [1.29, 1.82) is 0 Å². The lowest BCUT2D eigenvalue weighted by atomic mass is 10.1. The van der Waals surface area contributed by atoms with Crippen molar-refractivity contribution in [3.63, 3.8) is 0 Å². The number of nitrogens with zero attached hydrogens (tertiary/aromatic N) is 2. The molecule has 0 spiro atoms. The predicted molar refractivity (Wildman–Crippen MR) is 64.0 cm³/mol. The Labute approximate surface area is 107 Å². The zero-order valence-electron chi connectivity index (χ0n) is 9.68. The lowest BCUT2D eigenvalue weighted by Crippen LogP contribution is -2.43. The summed E-state index contributed by atoms with van der Waals surface area (Å²) in [5.74, 6) is -1.47. The molecule has 2 rings (SSSR count). The summed E-state index contributed by atoms with van der Waals surface area (Å²) in [6.07, 6.45) is 1.39. The number of carboxylic acid groups (broad SMARTS) is 1. The van der Waals surface area contributed by atoms with Crippen molar-refractivity contribution in [3.8, 4) is 0 Å². The zero-order chi connectivity index (χ0) is 14.0. The first-order valence-electron chi connectivity index (χ1n) is 5.41. The van der Waals surface area contributed by atoms with Crippen LogP contribution in [0.4, 0.5) is 0 Å². The molecule has 0 aliphatic carbocycles. The van der Waals surface area contributed by atoms with E-state index in [0.717, 1.165) is 10.9 Å². The summed E-state index contributed by atoms with van der Waals surface area (Å²) >= 11 is 0. The van der Waals surface area contributed by atoms with E-state index in [1.807, 2.05) is 6.07 Å². The van der Waals surface area contributed by atoms with Crippen LogP contribution in [-0.4, -0.2) is 37.5 Å². The highest BCUT2D eigenvalue weighted by Gasteiger charge is 2.33. The summed E-state index contributed by atoms with van der Waals surface area (Å²) < 4.78 is 0. The highest BCUT2D eigenvalue weighted by molar-refractivity contribution is 5.84. The third-order valence-electron chi connectivity index (χ3n) is 2.82. The molecule has 0 unspecified atom stereocenters. The second-order valence-corrected chi connectivity index (χ2v) is 3.98. The number of nitro groups is 1. The van der Waals surface area contributed by atoms with E-state index in [0.29, 0.717) is 5.56 Å². The fraction of sp³-hybridized carbons (Fsp3) is 0.182. The van der Waals surface area contributed by atoms with Crippen molar-refractivity contribution in [2.75, 3.05) is 0 Å². The van der Waals surface area contributed by atoms with E-state index in [1.54, 1.807) is 24.4 Å². The molecular formula is C11H11N3O5. The Morgan fingerprint density at radius 3 is 2.79 bits per heavy atom. The van der Waals surface area contributed by atoms with Crippen LogP contribution in [0.3, 0.4) is 0 Å². The third kappa shape index (κ3) is 2.47. The normalized spacial score (nSPS) is 12.3. The first kappa shape index (κ1) is 12.8. The third-order valence-corrected chi connectivity index (χ3v) is 2.82. The van der Waals surface area contributed by atoms with Gasteiger partial charge in [0.2, 0.25) is 6.04 Å². The van der Waals surface area contributed by atoms with Gasteiger partial charge in [0, 0.05) is 28.7 Å². The minimum atomic E-state index is -1.64. The topological polar surface area (TPSA) is 120 Å². The molecule has 3 N–H and O–H groups in total. The lowest BCUT2D eigenvalue weighted by molar-refractivity contribution is -0.734. The van der Waals surface area contributed by atoms with Gasteiger partial charge in [0.25, 0.3) is 0 Å².